The summed E-state index contributed by atoms with van der Waals surface area (Å²) in [5.74, 6) is 1.20. The van der Waals surface area contributed by atoms with Crippen molar-refractivity contribution in [2.75, 3.05) is 5.73 Å². The van der Waals surface area contributed by atoms with Crippen LogP contribution in [0.4, 0.5) is 5.69 Å². The fourth-order valence-corrected chi connectivity index (χ4v) is 1.71. The molecule has 2 heterocycles. The van der Waals surface area contributed by atoms with Gasteiger partial charge in [-0.25, -0.2) is 9.97 Å². The quantitative estimate of drug-likeness (QED) is 0.826. The number of pyridine rings is 1. The zero-order valence-electron chi connectivity index (χ0n) is 8.80. The van der Waals surface area contributed by atoms with E-state index in [0.29, 0.717) is 17.4 Å². The SMILES string of the molecule is Nc1cnc(-c2ccccn2)nc1C1CC1. The molecule has 16 heavy (non-hydrogen) atoms. The smallest absolute Gasteiger partial charge is 0.178 e. The molecule has 2 aromatic rings. The van der Waals surface area contributed by atoms with E-state index in [2.05, 4.69) is 15.0 Å². The number of aromatic nitrogens is 3. The molecule has 80 valence electrons. The second-order valence-electron chi connectivity index (χ2n) is 4.02. The number of hydrogen-bond donors (Lipinski definition) is 1. The van der Waals surface area contributed by atoms with Gasteiger partial charge in [0.15, 0.2) is 5.82 Å². The van der Waals surface area contributed by atoms with E-state index in [-0.39, 0.29) is 0 Å². The molecule has 1 aliphatic rings. The Labute approximate surface area is 93.6 Å². The van der Waals surface area contributed by atoms with E-state index in [1.54, 1.807) is 12.4 Å². The predicted octanol–water partition coefficient (Wildman–Crippen LogP) is 2.00. The van der Waals surface area contributed by atoms with Crippen LogP contribution in [0.15, 0.2) is 30.6 Å². The standard InChI is InChI=1S/C12H12N4/c13-9-7-15-12(10-3-1-2-6-14-10)16-11(9)8-4-5-8/h1-3,6-8H,4-5,13H2. The van der Waals surface area contributed by atoms with E-state index in [1.807, 2.05) is 18.2 Å². The van der Waals surface area contributed by atoms with Gasteiger partial charge < -0.3 is 5.73 Å². The largest absolute Gasteiger partial charge is 0.396 e. The molecular weight excluding hydrogens is 200 g/mol. The molecule has 0 saturated heterocycles. The van der Waals surface area contributed by atoms with Crippen molar-refractivity contribution in [2.24, 2.45) is 0 Å². The molecule has 3 rings (SSSR count). The van der Waals surface area contributed by atoms with Crippen molar-refractivity contribution in [1.29, 1.82) is 0 Å². The lowest BCUT2D eigenvalue weighted by atomic mass is 10.2. The zero-order valence-corrected chi connectivity index (χ0v) is 8.80. The third-order valence-electron chi connectivity index (χ3n) is 2.71. The van der Waals surface area contributed by atoms with Crippen molar-refractivity contribution in [3.8, 4) is 11.5 Å². The molecular formula is C12H12N4. The van der Waals surface area contributed by atoms with Gasteiger partial charge in [-0.15, -0.1) is 0 Å². The van der Waals surface area contributed by atoms with Crippen molar-refractivity contribution in [2.45, 2.75) is 18.8 Å². The van der Waals surface area contributed by atoms with E-state index in [9.17, 15) is 0 Å². The van der Waals surface area contributed by atoms with Gasteiger partial charge in [0.05, 0.1) is 17.6 Å². The first kappa shape index (κ1) is 9.27. The lowest BCUT2D eigenvalue weighted by molar-refractivity contribution is 0.994. The highest BCUT2D eigenvalue weighted by molar-refractivity contribution is 5.53. The maximum absolute atomic E-state index is 5.86. The van der Waals surface area contributed by atoms with E-state index < -0.39 is 0 Å². The summed E-state index contributed by atoms with van der Waals surface area (Å²) >= 11 is 0. The summed E-state index contributed by atoms with van der Waals surface area (Å²) in [7, 11) is 0. The molecule has 0 atom stereocenters. The predicted molar refractivity (Wildman–Crippen MR) is 61.7 cm³/mol. The summed E-state index contributed by atoms with van der Waals surface area (Å²) in [6.45, 7) is 0. The summed E-state index contributed by atoms with van der Waals surface area (Å²) in [4.78, 5) is 13.0. The zero-order chi connectivity index (χ0) is 11.0. The second-order valence-corrected chi connectivity index (χ2v) is 4.02. The Morgan fingerprint density at radius 2 is 2.06 bits per heavy atom. The Morgan fingerprint density at radius 1 is 1.19 bits per heavy atom. The molecule has 4 nitrogen and oxygen atoms in total. The Hall–Kier alpha value is -1.97. The third kappa shape index (κ3) is 1.62. The number of hydrogen-bond acceptors (Lipinski definition) is 4. The van der Waals surface area contributed by atoms with Crippen LogP contribution in [0.2, 0.25) is 0 Å². The van der Waals surface area contributed by atoms with Crippen molar-refractivity contribution in [3.63, 3.8) is 0 Å². The molecule has 1 aliphatic carbocycles. The van der Waals surface area contributed by atoms with E-state index >= 15 is 0 Å². The van der Waals surface area contributed by atoms with Crippen LogP contribution < -0.4 is 5.73 Å². The van der Waals surface area contributed by atoms with E-state index in [1.165, 1.54) is 12.8 Å². The first-order valence-corrected chi connectivity index (χ1v) is 5.38. The number of rotatable bonds is 2. The van der Waals surface area contributed by atoms with Gasteiger partial charge in [-0.3, -0.25) is 4.98 Å². The van der Waals surface area contributed by atoms with Gasteiger partial charge in [0.25, 0.3) is 0 Å². The van der Waals surface area contributed by atoms with Crippen LogP contribution in [-0.2, 0) is 0 Å². The summed E-state index contributed by atoms with van der Waals surface area (Å²) in [6, 6.07) is 5.71. The first-order chi connectivity index (χ1) is 7.84. The van der Waals surface area contributed by atoms with Crippen LogP contribution >= 0.6 is 0 Å². The highest BCUT2D eigenvalue weighted by Crippen LogP contribution is 2.41. The maximum Gasteiger partial charge on any atom is 0.178 e. The number of anilines is 1. The van der Waals surface area contributed by atoms with Crippen LogP contribution in [0, 0.1) is 0 Å². The van der Waals surface area contributed by atoms with E-state index in [0.717, 1.165) is 11.4 Å². The molecule has 0 amide bonds. The third-order valence-corrected chi connectivity index (χ3v) is 2.71. The van der Waals surface area contributed by atoms with Crippen LogP contribution in [0.5, 0.6) is 0 Å². The van der Waals surface area contributed by atoms with Gasteiger partial charge in [-0.05, 0) is 25.0 Å². The molecule has 0 radical (unpaired) electrons. The first-order valence-electron chi connectivity index (χ1n) is 5.38. The Bertz CT molecular complexity index is 506. The van der Waals surface area contributed by atoms with Gasteiger partial charge in [0.1, 0.15) is 5.69 Å². The number of nitrogen functional groups attached to an aromatic ring is 1. The molecule has 0 aliphatic heterocycles. The second kappa shape index (κ2) is 3.56. The number of nitrogens with zero attached hydrogens (tertiary/aromatic N) is 3. The monoisotopic (exact) mass is 212 g/mol. The number of nitrogens with two attached hydrogens (primary N) is 1. The van der Waals surface area contributed by atoms with Gasteiger partial charge in [-0.2, -0.15) is 0 Å². The van der Waals surface area contributed by atoms with Crippen molar-refractivity contribution >= 4 is 5.69 Å². The summed E-state index contributed by atoms with van der Waals surface area (Å²) in [6.07, 6.45) is 5.79. The van der Waals surface area contributed by atoms with Gasteiger partial charge in [-0.1, -0.05) is 6.07 Å². The molecule has 1 fully saturated rings. The Morgan fingerprint density at radius 3 is 2.75 bits per heavy atom. The minimum atomic E-state index is 0.533. The molecule has 0 aromatic carbocycles. The lowest BCUT2D eigenvalue weighted by Gasteiger charge is -2.04. The topological polar surface area (TPSA) is 64.7 Å². The summed E-state index contributed by atoms with van der Waals surface area (Å²) < 4.78 is 0. The molecule has 0 spiro atoms. The Kier molecular flexibility index (Phi) is 2.06. The maximum atomic E-state index is 5.86. The molecule has 0 bridgehead atoms. The summed E-state index contributed by atoms with van der Waals surface area (Å²) in [5, 5.41) is 0. The normalized spacial score (nSPS) is 15.0. The van der Waals surface area contributed by atoms with Crippen molar-refractivity contribution in [1.82, 2.24) is 15.0 Å². The lowest BCUT2D eigenvalue weighted by Crippen LogP contribution is -2.01. The highest BCUT2D eigenvalue weighted by atomic mass is 14.9. The summed E-state index contributed by atoms with van der Waals surface area (Å²) in [5.41, 5.74) is 8.34. The minimum absolute atomic E-state index is 0.533. The molecule has 0 unspecified atom stereocenters. The molecule has 2 N–H and O–H groups in total. The van der Waals surface area contributed by atoms with Gasteiger partial charge in [0, 0.05) is 12.1 Å². The van der Waals surface area contributed by atoms with Crippen molar-refractivity contribution in [3.05, 3.63) is 36.3 Å². The fourth-order valence-electron chi connectivity index (χ4n) is 1.71. The van der Waals surface area contributed by atoms with Crippen LogP contribution in [-0.4, -0.2) is 15.0 Å². The van der Waals surface area contributed by atoms with Crippen LogP contribution in [0.25, 0.3) is 11.5 Å². The van der Waals surface area contributed by atoms with Crippen molar-refractivity contribution < 1.29 is 0 Å². The van der Waals surface area contributed by atoms with E-state index in [4.69, 9.17) is 5.73 Å². The highest BCUT2D eigenvalue weighted by Gasteiger charge is 2.27. The van der Waals surface area contributed by atoms with Gasteiger partial charge in [0.2, 0.25) is 0 Å². The van der Waals surface area contributed by atoms with Gasteiger partial charge >= 0.3 is 0 Å². The molecule has 2 aromatic heterocycles. The minimum Gasteiger partial charge on any atom is -0.396 e. The van der Waals surface area contributed by atoms with Crippen LogP contribution in [0.3, 0.4) is 0 Å². The fraction of sp³-hybridized carbons (Fsp3) is 0.250. The Balaban J connectivity index is 2.05. The average Bonchev–Trinajstić information content (AvgIpc) is 3.15. The molecule has 1 saturated carbocycles. The van der Waals surface area contributed by atoms with Crippen LogP contribution in [0.1, 0.15) is 24.5 Å². The average molecular weight is 212 g/mol. The molecule has 4 heteroatoms.